The molecular weight excluding hydrogens is 757 g/mol. The van der Waals surface area contributed by atoms with Gasteiger partial charge in [0.05, 0.1) is 24.9 Å². The van der Waals surface area contributed by atoms with Crippen molar-refractivity contribution in [3.63, 3.8) is 0 Å². The lowest BCUT2D eigenvalue weighted by Crippen LogP contribution is -2.02. The Hall–Kier alpha value is -8.41. The van der Waals surface area contributed by atoms with Gasteiger partial charge in [0.1, 0.15) is 11.2 Å². The predicted octanol–water partition coefficient (Wildman–Crippen LogP) is 14.9. The average Bonchev–Trinajstić information content (AvgIpc) is 3.95. The summed E-state index contributed by atoms with van der Waals surface area (Å²) in [4.78, 5) is 15.1. The fourth-order valence-corrected chi connectivity index (χ4v) is 8.55. The molecule has 0 bridgehead atoms. The normalized spacial score (nSPS) is 12.9. The summed E-state index contributed by atoms with van der Waals surface area (Å²) in [7, 11) is 0. The molecule has 0 N–H and O–H groups in total. The number of para-hydroxylation sites is 3. The molecule has 0 radical (unpaired) electrons. The molecule has 0 fully saturated rings. The van der Waals surface area contributed by atoms with E-state index in [0.717, 1.165) is 55.2 Å². The van der Waals surface area contributed by atoms with Gasteiger partial charge in [-0.05, 0) is 59.1 Å². The standard InChI is InChI=1S/C57H36N4O/c1-5-18-37(19-6-1)42-35-47(38-20-7-2-8-21-38)53-49(36-42)43-26-13-15-30-50(43)61(53)51-33-32-41(34-48(51)46-29-17-28-45-44-27-14-16-31-52(44)62-54(45)46)57-59-55(39-22-9-3-10-23-39)58-56(60-57)40-24-11-4-12-25-40/h1-36H/i14D,17D,27D,28D,29D,31D. The van der Waals surface area contributed by atoms with Gasteiger partial charge in [0, 0.05) is 54.9 Å². The summed E-state index contributed by atoms with van der Waals surface area (Å²) in [6.07, 6.45) is 0. The van der Waals surface area contributed by atoms with E-state index in [2.05, 4.69) is 53.1 Å². The molecule has 12 aromatic rings. The summed E-state index contributed by atoms with van der Waals surface area (Å²) in [6, 6.07) is 58.1. The van der Waals surface area contributed by atoms with Crippen LogP contribution in [-0.2, 0) is 0 Å². The van der Waals surface area contributed by atoms with Crippen LogP contribution in [0.25, 0.3) is 117 Å². The minimum absolute atomic E-state index is 0.00703. The van der Waals surface area contributed by atoms with Crippen LogP contribution >= 0.6 is 0 Å². The molecule has 0 unspecified atom stereocenters. The third kappa shape index (κ3) is 5.98. The van der Waals surface area contributed by atoms with Crippen LogP contribution in [0.1, 0.15) is 8.22 Å². The Kier molecular flexibility index (Phi) is 7.05. The van der Waals surface area contributed by atoms with Gasteiger partial charge in [-0.25, -0.2) is 15.0 Å². The monoisotopic (exact) mass is 798 g/mol. The first kappa shape index (κ1) is 29.7. The van der Waals surface area contributed by atoms with Crippen LogP contribution in [0.3, 0.4) is 0 Å². The van der Waals surface area contributed by atoms with Crippen LogP contribution in [0, 0.1) is 0 Å². The number of aromatic nitrogens is 4. The van der Waals surface area contributed by atoms with Crippen molar-refractivity contribution in [1.82, 2.24) is 19.5 Å². The van der Waals surface area contributed by atoms with E-state index in [9.17, 15) is 4.11 Å². The van der Waals surface area contributed by atoms with Crippen LogP contribution in [0.2, 0.25) is 0 Å². The number of hydrogen-bond donors (Lipinski definition) is 0. The lowest BCUT2D eigenvalue weighted by Gasteiger charge is -2.18. The third-order valence-electron chi connectivity index (χ3n) is 11.4. The van der Waals surface area contributed by atoms with E-state index in [1.807, 2.05) is 127 Å². The fourth-order valence-electron chi connectivity index (χ4n) is 8.55. The van der Waals surface area contributed by atoms with Gasteiger partial charge in [0.15, 0.2) is 17.5 Å². The zero-order chi connectivity index (χ0) is 46.2. The van der Waals surface area contributed by atoms with Crippen molar-refractivity contribution in [3.05, 3.63) is 218 Å². The fraction of sp³-hybridized carbons (Fsp3) is 0. The average molecular weight is 799 g/mol. The second kappa shape index (κ2) is 14.7. The minimum atomic E-state index is -0.384. The topological polar surface area (TPSA) is 56.7 Å². The van der Waals surface area contributed by atoms with Crippen molar-refractivity contribution < 1.29 is 12.6 Å². The molecular formula is C57H36N4O. The second-order valence-corrected chi connectivity index (χ2v) is 15.1. The molecule has 9 aromatic carbocycles. The highest BCUT2D eigenvalue weighted by molar-refractivity contribution is 6.16. The molecule has 5 heteroatoms. The number of rotatable bonds is 7. The van der Waals surface area contributed by atoms with Gasteiger partial charge < -0.3 is 8.98 Å². The van der Waals surface area contributed by atoms with Gasteiger partial charge in [-0.2, -0.15) is 0 Å². The Bertz CT molecular complexity index is 3910. The number of hydrogen-bond acceptors (Lipinski definition) is 4. The van der Waals surface area contributed by atoms with Gasteiger partial charge in [-0.1, -0.05) is 176 Å². The lowest BCUT2D eigenvalue weighted by molar-refractivity contribution is 0.670. The van der Waals surface area contributed by atoms with Gasteiger partial charge in [-0.3, -0.25) is 0 Å². The van der Waals surface area contributed by atoms with Crippen molar-refractivity contribution in [2.75, 3.05) is 0 Å². The molecule has 5 nitrogen and oxygen atoms in total. The highest BCUT2D eigenvalue weighted by Gasteiger charge is 2.24. The quantitative estimate of drug-likeness (QED) is 0.161. The summed E-state index contributed by atoms with van der Waals surface area (Å²) >= 11 is 0. The molecule has 0 saturated heterocycles. The largest absolute Gasteiger partial charge is 0.455 e. The van der Waals surface area contributed by atoms with Crippen LogP contribution in [0.5, 0.6) is 0 Å². The summed E-state index contributed by atoms with van der Waals surface area (Å²) in [6.45, 7) is 0. The Morgan fingerprint density at radius 3 is 1.66 bits per heavy atom. The van der Waals surface area contributed by atoms with E-state index in [1.165, 1.54) is 6.07 Å². The van der Waals surface area contributed by atoms with E-state index >= 15 is 0 Å². The minimum Gasteiger partial charge on any atom is -0.455 e. The molecule has 0 amide bonds. The molecule has 12 rings (SSSR count). The van der Waals surface area contributed by atoms with E-state index in [4.69, 9.17) is 23.5 Å². The van der Waals surface area contributed by atoms with E-state index in [0.29, 0.717) is 34.3 Å². The molecule has 62 heavy (non-hydrogen) atoms. The molecule has 0 aliphatic heterocycles. The number of benzene rings is 9. The van der Waals surface area contributed by atoms with E-state index < -0.39 is 0 Å². The van der Waals surface area contributed by atoms with Crippen LogP contribution < -0.4 is 0 Å². The molecule has 0 saturated carbocycles. The molecule has 0 aliphatic carbocycles. The Morgan fingerprint density at radius 1 is 0.387 bits per heavy atom. The lowest BCUT2D eigenvalue weighted by atomic mass is 9.95. The first-order chi connectivity index (χ1) is 33.2. The van der Waals surface area contributed by atoms with E-state index in [1.54, 1.807) is 0 Å². The van der Waals surface area contributed by atoms with Crippen molar-refractivity contribution in [2.24, 2.45) is 0 Å². The highest BCUT2D eigenvalue weighted by atomic mass is 16.3. The summed E-state index contributed by atoms with van der Waals surface area (Å²) in [5.74, 6) is 1.30. The predicted molar refractivity (Wildman–Crippen MR) is 254 cm³/mol. The van der Waals surface area contributed by atoms with Crippen molar-refractivity contribution in [2.45, 2.75) is 0 Å². The van der Waals surface area contributed by atoms with Gasteiger partial charge in [0.2, 0.25) is 0 Å². The Labute approximate surface area is 366 Å². The maximum absolute atomic E-state index is 9.75. The molecule has 0 spiro atoms. The number of fused-ring (bicyclic) bond motifs is 6. The summed E-state index contributed by atoms with van der Waals surface area (Å²) in [5.41, 5.74) is 9.40. The molecule has 290 valence electrons. The molecule has 0 aliphatic rings. The summed E-state index contributed by atoms with van der Waals surface area (Å²) < 4.78 is 63.4. The van der Waals surface area contributed by atoms with Gasteiger partial charge in [-0.15, -0.1) is 0 Å². The Balaban J connectivity index is 1.23. The first-order valence-electron chi connectivity index (χ1n) is 23.4. The van der Waals surface area contributed by atoms with Gasteiger partial charge >= 0.3 is 0 Å². The maximum Gasteiger partial charge on any atom is 0.164 e. The van der Waals surface area contributed by atoms with Crippen LogP contribution in [0.15, 0.2) is 223 Å². The zero-order valence-electron chi connectivity index (χ0n) is 39.0. The SMILES string of the molecule is [2H]c1cc([2H])c2oc3c(-c4cc(-c5nc(-c6ccccc6)nc(-c6ccccc6)n5)ccc4-n4c5ccccc5c5cc(-c6ccccc6)cc(-c6ccccc6)c54)c([2H])c([2H])c([2H])c3c2c1[2H]. The van der Waals surface area contributed by atoms with Crippen LogP contribution in [0.4, 0.5) is 0 Å². The number of furan rings is 1. The summed E-state index contributed by atoms with van der Waals surface area (Å²) in [5, 5.41) is 2.17. The molecule has 3 aromatic heterocycles. The first-order valence-corrected chi connectivity index (χ1v) is 20.4. The van der Waals surface area contributed by atoms with E-state index in [-0.39, 0.29) is 63.8 Å². The molecule has 0 atom stereocenters. The number of nitrogens with zero attached hydrogens (tertiary/aromatic N) is 4. The smallest absolute Gasteiger partial charge is 0.164 e. The van der Waals surface area contributed by atoms with Crippen molar-refractivity contribution in [3.8, 4) is 73.2 Å². The zero-order valence-corrected chi connectivity index (χ0v) is 33.0. The van der Waals surface area contributed by atoms with Crippen LogP contribution in [-0.4, -0.2) is 19.5 Å². The molecule has 3 heterocycles. The highest BCUT2D eigenvalue weighted by Crippen LogP contribution is 2.45. The van der Waals surface area contributed by atoms with Crippen molar-refractivity contribution in [1.29, 1.82) is 0 Å². The maximum atomic E-state index is 9.75. The van der Waals surface area contributed by atoms with Crippen molar-refractivity contribution >= 4 is 43.7 Å². The Morgan fingerprint density at radius 2 is 0.968 bits per heavy atom. The third-order valence-corrected chi connectivity index (χ3v) is 11.4. The van der Waals surface area contributed by atoms with Gasteiger partial charge in [0.25, 0.3) is 0 Å². The second-order valence-electron chi connectivity index (χ2n) is 15.1.